The van der Waals surface area contributed by atoms with Gasteiger partial charge in [-0.25, -0.2) is 4.39 Å². The minimum atomic E-state index is -0.423. The molecule has 1 heterocycles. The molecule has 0 bridgehead atoms. The van der Waals surface area contributed by atoms with Crippen LogP contribution in [0.3, 0.4) is 0 Å². The zero-order chi connectivity index (χ0) is 11.5. The number of benzene rings is 1. The van der Waals surface area contributed by atoms with Crippen molar-refractivity contribution in [1.29, 1.82) is 0 Å². The first kappa shape index (κ1) is 11.0. The van der Waals surface area contributed by atoms with E-state index in [1.54, 1.807) is 18.3 Å². The Morgan fingerprint density at radius 1 is 1.50 bits per heavy atom. The first-order chi connectivity index (χ1) is 7.72. The van der Waals surface area contributed by atoms with E-state index < -0.39 is 11.9 Å². The van der Waals surface area contributed by atoms with E-state index in [2.05, 4.69) is 9.59 Å². The molecule has 1 atom stereocenters. The Labute approximate surface area is 96.0 Å². The quantitative estimate of drug-likeness (QED) is 0.886. The molecule has 0 aliphatic rings. The molecular formula is C10H10FN3OS. The van der Waals surface area contributed by atoms with Crippen LogP contribution in [-0.4, -0.2) is 16.7 Å². The summed E-state index contributed by atoms with van der Waals surface area (Å²) in [6.45, 7) is 0. The lowest BCUT2D eigenvalue weighted by molar-refractivity contribution is 0.386. The summed E-state index contributed by atoms with van der Waals surface area (Å²) in [5.74, 6) is -0.216. The van der Waals surface area contributed by atoms with Gasteiger partial charge >= 0.3 is 0 Å². The highest BCUT2D eigenvalue weighted by molar-refractivity contribution is 7.05. The number of halogens is 1. The fourth-order valence-corrected chi connectivity index (χ4v) is 1.88. The third-order valence-corrected chi connectivity index (χ3v) is 2.97. The highest BCUT2D eigenvalue weighted by Gasteiger charge is 2.13. The van der Waals surface area contributed by atoms with Crippen molar-refractivity contribution in [3.05, 3.63) is 40.7 Å². The zero-order valence-electron chi connectivity index (χ0n) is 8.55. The minimum absolute atomic E-state index is 0.207. The van der Waals surface area contributed by atoms with Crippen molar-refractivity contribution in [1.82, 2.24) is 9.59 Å². The maximum atomic E-state index is 13.4. The summed E-state index contributed by atoms with van der Waals surface area (Å²) >= 11 is 1.20. The van der Waals surface area contributed by atoms with Crippen molar-refractivity contribution < 1.29 is 9.13 Å². The van der Waals surface area contributed by atoms with Gasteiger partial charge in [-0.15, -0.1) is 5.10 Å². The molecule has 2 rings (SSSR count). The Morgan fingerprint density at radius 2 is 2.31 bits per heavy atom. The standard InChI is InChI=1S/C10H10FN3OS/c1-15-8-3-2-6(4-7(8)11)10(12)9-5-13-14-16-9/h2-5,10H,12H2,1H3. The topological polar surface area (TPSA) is 61.0 Å². The van der Waals surface area contributed by atoms with Gasteiger partial charge in [-0.3, -0.25) is 0 Å². The minimum Gasteiger partial charge on any atom is -0.494 e. The van der Waals surface area contributed by atoms with Crippen LogP contribution in [0.25, 0.3) is 0 Å². The number of aromatic nitrogens is 2. The van der Waals surface area contributed by atoms with Crippen LogP contribution in [0.15, 0.2) is 24.4 Å². The molecule has 0 saturated heterocycles. The van der Waals surface area contributed by atoms with Gasteiger partial charge in [0.2, 0.25) is 0 Å². The second-order valence-corrected chi connectivity index (χ2v) is 4.01. The first-order valence-corrected chi connectivity index (χ1v) is 5.36. The van der Waals surface area contributed by atoms with E-state index in [1.807, 2.05) is 0 Å². The van der Waals surface area contributed by atoms with Crippen molar-refractivity contribution in [2.24, 2.45) is 5.73 Å². The molecule has 2 N–H and O–H groups in total. The molecule has 0 spiro atoms. The van der Waals surface area contributed by atoms with E-state index in [1.165, 1.54) is 24.7 Å². The number of methoxy groups -OCH3 is 1. The Hall–Kier alpha value is -1.53. The van der Waals surface area contributed by atoms with E-state index in [0.717, 1.165) is 4.88 Å². The van der Waals surface area contributed by atoms with Crippen LogP contribution in [-0.2, 0) is 0 Å². The van der Waals surface area contributed by atoms with Crippen molar-refractivity contribution in [3.8, 4) is 5.75 Å². The number of hydrogen-bond donors (Lipinski definition) is 1. The Bertz CT molecular complexity index is 475. The number of rotatable bonds is 3. The van der Waals surface area contributed by atoms with Crippen LogP contribution in [0.2, 0.25) is 0 Å². The largest absolute Gasteiger partial charge is 0.494 e. The van der Waals surface area contributed by atoms with Gasteiger partial charge in [0.25, 0.3) is 0 Å². The molecule has 2 aromatic rings. The lowest BCUT2D eigenvalue weighted by Crippen LogP contribution is -2.10. The summed E-state index contributed by atoms with van der Waals surface area (Å²) in [7, 11) is 1.42. The van der Waals surface area contributed by atoms with Gasteiger partial charge in [0.05, 0.1) is 24.2 Å². The Kier molecular flexibility index (Phi) is 3.12. The SMILES string of the molecule is COc1ccc(C(N)c2cnns2)cc1F. The van der Waals surface area contributed by atoms with Crippen LogP contribution >= 0.6 is 11.5 Å². The molecule has 0 radical (unpaired) electrons. The Morgan fingerprint density at radius 3 is 2.88 bits per heavy atom. The third kappa shape index (κ3) is 2.02. The molecule has 84 valence electrons. The van der Waals surface area contributed by atoms with Crippen LogP contribution in [0.4, 0.5) is 4.39 Å². The summed E-state index contributed by atoms with van der Waals surface area (Å²) < 4.78 is 22.0. The molecule has 1 unspecified atom stereocenters. The van der Waals surface area contributed by atoms with Gasteiger partial charge in [0.15, 0.2) is 11.6 Å². The highest BCUT2D eigenvalue weighted by atomic mass is 32.1. The molecule has 0 aliphatic heterocycles. The van der Waals surface area contributed by atoms with E-state index >= 15 is 0 Å². The molecule has 16 heavy (non-hydrogen) atoms. The molecule has 1 aromatic heterocycles. The molecule has 0 saturated carbocycles. The van der Waals surface area contributed by atoms with Crippen molar-refractivity contribution in [2.75, 3.05) is 7.11 Å². The smallest absolute Gasteiger partial charge is 0.165 e. The molecule has 4 nitrogen and oxygen atoms in total. The van der Waals surface area contributed by atoms with E-state index in [0.29, 0.717) is 5.56 Å². The van der Waals surface area contributed by atoms with Crippen molar-refractivity contribution in [2.45, 2.75) is 6.04 Å². The van der Waals surface area contributed by atoms with Gasteiger partial charge in [0, 0.05) is 0 Å². The van der Waals surface area contributed by atoms with Crippen LogP contribution in [0.1, 0.15) is 16.5 Å². The number of nitrogens with two attached hydrogens (primary N) is 1. The van der Waals surface area contributed by atoms with Crippen LogP contribution < -0.4 is 10.5 Å². The van der Waals surface area contributed by atoms with Gasteiger partial charge in [-0.2, -0.15) is 0 Å². The fraction of sp³-hybridized carbons (Fsp3) is 0.200. The van der Waals surface area contributed by atoms with Crippen LogP contribution in [0.5, 0.6) is 5.75 Å². The predicted octanol–water partition coefficient (Wildman–Crippen LogP) is 1.73. The maximum absolute atomic E-state index is 13.4. The van der Waals surface area contributed by atoms with Gasteiger partial charge in [-0.05, 0) is 29.2 Å². The number of hydrogen-bond acceptors (Lipinski definition) is 5. The predicted molar refractivity (Wildman–Crippen MR) is 58.9 cm³/mol. The molecule has 0 fully saturated rings. The molecule has 0 amide bonds. The summed E-state index contributed by atoms with van der Waals surface area (Å²) in [5.41, 5.74) is 6.61. The van der Waals surface area contributed by atoms with Crippen LogP contribution in [0, 0.1) is 5.82 Å². The third-order valence-electron chi connectivity index (χ3n) is 2.22. The van der Waals surface area contributed by atoms with Gasteiger partial charge in [-0.1, -0.05) is 10.6 Å². The lowest BCUT2D eigenvalue weighted by atomic mass is 10.1. The number of nitrogens with zero attached hydrogens (tertiary/aromatic N) is 2. The molecule has 0 aliphatic carbocycles. The monoisotopic (exact) mass is 239 g/mol. The fourth-order valence-electron chi connectivity index (χ4n) is 1.35. The first-order valence-electron chi connectivity index (χ1n) is 4.58. The lowest BCUT2D eigenvalue weighted by Gasteiger charge is -2.10. The van der Waals surface area contributed by atoms with Gasteiger partial charge in [0.1, 0.15) is 0 Å². The second kappa shape index (κ2) is 4.54. The van der Waals surface area contributed by atoms with E-state index in [9.17, 15) is 4.39 Å². The van der Waals surface area contributed by atoms with E-state index in [-0.39, 0.29) is 5.75 Å². The van der Waals surface area contributed by atoms with E-state index in [4.69, 9.17) is 10.5 Å². The summed E-state index contributed by atoms with van der Waals surface area (Å²) in [5, 5.41) is 3.69. The normalized spacial score (nSPS) is 12.4. The average molecular weight is 239 g/mol. The average Bonchev–Trinajstić information content (AvgIpc) is 2.81. The maximum Gasteiger partial charge on any atom is 0.165 e. The Balaban J connectivity index is 2.31. The second-order valence-electron chi connectivity index (χ2n) is 3.19. The summed E-state index contributed by atoms with van der Waals surface area (Å²) in [4.78, 5) is 0.796. The molecule has 1 aromatic carbocycles. The van der Waals surface area contributed by atoms with Crippen molar-refractivity contribution >= 4 is 11.5 Å². The van der Waals surface area contributed by atoms with Gasteiger partial charge < -0.3 is 10.5 Å². The molecule has 6 heteroatoms. The number of ether oxygens (including phenoxy) is 1. The summed E-state index contributed by atoms with van der Waals surface area (Å²) in [6.07, 6.45) is 1.58. The molecular weight excluding hydrogens is 229 g/mol. The highest BCUT2D eigenvalue weighted by Crippen LogP contribution is 2.25. The zero-order valence-corrected chi connectivity index (χ0v) is 9.37. The van der Waals surface area contributed by atoms with Crippen molar-refractivity contribution in [3.63, 3.8) is 0 Å². The summed E-state index contributed by atoms with van der Waals surface area (Å²) in [6, 6.07) is 4.24.